The van der Waals surface area contributed by atoms with Gasteiger partial charge in [-0.1, -0.05) is 24.3 Å². The largest absolute Gasteiger partial charge is 0.496 e. The van der Waals surface area contributed by atoms with Gasteiger partial charge in [0.1, 0.15) is 12.4 Å². The minimum Gasteiger partial charge on any atom is -0.496 e. The van der Waals surface area contributed by atoms with E-state index in [1.165, 1.54) is 25.5 Å². The standard InChI is InChI=1S/C28H24BrN3O6/c1-3-37-26-14-21(24(29)15-27(26)38-17-18-8-10-22(11-9-18)32(34)35)16-30-31-28(33)23-12-19-6-4-5-7-20(19)13-25(23)36-2/h4-16H,3,17H2,1-2H3,(H,31,33)/b30-16-. The number of nitrogens with one attached hydrogen (secondary N) is 1. The Balaban J connectivity index is 1.48. The van der Waals surface area contributed by atoms with Gasteiger partial charge in [-0.2, -0.15) is 5.10 Å². The maximum absolute atomic E-state index is 12.8. The number of rotatable bonds is 10. The van der Waals surface area contributed by atoms with Crippen LogP contribution >= 0.6 is 15.9 Å². The molecular weight excluding hydrogens is 554 g/mol. The number of nitro benzene ring substituents is 1. The zero-order valence-electron chi connectivity index (χ0n) is 20.6. The molecule has 0 unspecified atom stereocenters. The lowest BCUT2D eigenvalue weighted by atomic mass is 10.1. The molecule has 10 heteroatoms. The number of nitro groups is 1. The van der Waals surface area contributed by atoms with Gasteiger partial charge in [-0.05, 0) is 75.6 Å². The number of carbonyl (C=O) groups is 1. The summed E-state index contributed by atoms with van der Waals surface area (Å²) in [5.74, 6) is 1.01. The molecule has 0 fully saturated rings. The molecule has 0 aromatic heterocycles. The van der Waals surface area contributed by atoms with E-state index in [-0.39, 0.29) is 12.3 Å². The first kappa shape index (κ1) is 26.6. The van der Waals surface area contributed by atoms with Crippen LogP contribution in [0.1, 0.15) is 28.4 Å². The van der Waals surface area contributed by atoms with E-state index in [9.17, 15) is 14.9 Å². The zero-order valence-corrected chi connectivity index (χ0v) is 22.2. The van der Waals surface area contributed by atoms with E-state index in [0.717, 1.165) is 16.3 Å². The summed E-state index contributed by atoms with van der Waals surface area (Å²) in [4.78, 5) is 23.2. The number of ether oxygens (including phenoxy) is 3. The number of hydrogen-bond acceptors (Lipinski definition) is 7. The SMILES string of the molecule is CCOc1cc(/C=N\NC(=O)c2cc3ccccc3cc2OC)c(Br)cc1OCc1ccc([N+](=O)[O-])cc1. The Morgan fingerprint density at radius 3 is 2.34 bits per heavy atom. The second-order valence-electron chi connectivity index (χ2n) is 8.06. The van der Waals surface area contributed by atoms with Gasteiger partial charge in [0.05, 0.1) is 30.4 Å². The molecule has 0 atom stereocenters. The van der Waals surface area contributed by atoms with Crippen molar-refractivity contribution in [1.29, 1.82) is 0 Å². The molecule has 0 spiro atoms. The van der Waals surface area contributed by atoms with Gasteiger partial charge in [0.25, 0.3) is 11.6 Å². The molecule has 0 aliphatic heterocycles. The van der Waals surface area contributed by atoms with Crippen molar-refractivity contribution in [2.24, 2.45) is 5.10 Å². The van der Waals surface area contributed by atoms with E-state index in [1.54, 1.807) is 30.3 Å². The number of halogens is 1. The number of fused-ring (bicyclic) bond motifs is 1. The van der Waals surface area contributed by atoms with Crippen molar-refractivity contribution in [3.63, 3.8) is 0 Å². The number of hydrazone groups is 1. The maximum Gasteiger partial charge on any atom is 0.275 e. The first-order chi connectivity index (χ1) is 18.4. The van der Waals surface area contributed by atoms with Crippen LogP contribution in [0.4, 0.5) is 5.69 Å². The molecule has 0 aliphatic carbocycles. The van der Waals surface area contributed by atoms with Crippen LogP contribution in [-0.4, -0.2) is 30.8 Å². The van der Waals surface area contributed by atoms with Gasteiger partial charge >= 0.3 is 0 Å². The molecule has 0 heterocycles. The van der Waals surface area contributed by atoms with Crippen LogP contribution < -0.4 is 19.6 Å². The highest BCUT2D eigenvalue weighted by molar-refractivity contribution is 9.10. The quantitative estimate of drug-likeness (QED) is 0.135. The zero-order chi connectivity index (χ0) is 27.1. The minimum absolute atomic E-state index is 0.0151. The van der Waals surface area contributed by atoms with Gasteiger partial charge in [-0.15, -0.1) is 0 Å². The fourth-order valence-electron chi connectivity index (χ4n) is 3.69. The predicted molar refractivity (Wildman–Crippen MR) is 148 cm³/mol. The van der Waals surface area contributed by atoms with Crippen LogP contribution in [0.15, 0.2) is 82.4 Å². The van der Waals surface area contributed by atoms with Crippen molar-refractivity contribution in [2.45, 2.75) is 13.5 Å². The molecule has 0 aliphatic rings. The maximum atomic E-state index is 12.8. The van der Waals surface area contributed by atoms with Crippen LogP contribution in [0.25, 0.3) is 10.8 Å². The molecule has 9 nitrogen and oxygen atoms in total. The van der Waals surface area contributed by atoms with Crippen LogP contribution in [0.2, 0.25) is 0 Å². The molecule has 194 valence electrons. The Kier molecular flexibility index (Phi) is 8.55. The van der Waals surface area contributed by atoms with Gasteiger partial charge < -0.3 is 14.2 Å². The van der Waals surface area contributed by atoms with Crippen molar-refractivity contribution < 1.29 is 23.9 Å². The van der Waals surface area contributed by atoms with E-state index in [1.807, 2.05) is 37.3 Å². The first-order valence-electron chi connectivity index (χ1n) is 11.6. The molecule has 0 saturated heterocycles. The van der Waals surface area contributed by atoms with Gasteiger partial charge in [0.2, 0.25) is 0 Å². The lowest BCUT2D eigenvalue weighted by molar-refractivity contribution is -0.384. The molecule has 4 aromatic rings. The van der Waals surface area contributed by atoms with E-state index in [4.69, 9.17) is 14.2 Å². The Bertz CT molecular complexity index is 1500. The fourth-order valence-corrected chi connectivity index (χ4v) is 4.12. The predicted octanol–water partition coefficient (Wildman–Crippen LogP) is 6.26. The lowest BCUT2D eigenvalue weighted by Crippen LogP contribution is -2.18. The van der Waals surface area contributed by atoms with E-state index < -0.39 is 10.8 Å². The van der Waals surface area contributed by atoms with Crippen LogP contribution in [-0.2, 0) is 6.61 Å². The summed E-state index contributed by atoms with van der Waals surface area (Å²) in [7, 11) is 1.52. The molecule has 0 radical (unpaired) electrons. The molecule has 0 bridgehead atoms. The summed E-state index contributed by atoms with van der Waals surface area (Å²) in [6.07, 6.45) is 1.50. The highest BCUT2D eigenvalue weighted by atomic mass is 79.9. The van der Waals surface area contributed by atoms with Crippen LogP contribution in [0.5, 0.6) is 17.2 Å². The highest BCUT2D eigenvalue weighted by Crippen LogP contribution is 2.34. The Labute approximate surface area is 227 Å². The third-order valence-electron chi connectivity index (χ3n) is 5.59. The molecular formula is C28H24BrN3O6. The van der Waals surface area contributed by atoms with Crippen LogP contribution in [0.3, 0.4) is 0 Å². The molecule has 1 N–H and O–H groups in total. The molecule has 0 saturated carbocycles. The second kappa shape index (κ2) is 12.2. The average molecular weight is 578 g/mol. The van der Waals surface area contributed by atoms with Crippen LogP contribution in [0, 0.1) is 10.1 Å². The van der Waals surface area contributed by atoms with E-state index >= 15 is 0 Å². The number of methoxy groups -OCH3 is 1. The number of carbonyl (C=O) groups excluding carboxylic acids is 1. The number of non-ortho nitro benzene ring substituents is 1. The van der Waals surface area contributed by atoms with E-state index in [0.29, 0.717) is 39.5 Å². The number of amides is 1. The summed E-state index contributed by atoms with van der Waals surface area (Å²) in [5, 5.41) is 16.8. The fraction of sp³-hybridized carbons (Fsp3) is 0.143. The van der Waals surface area contributed by atoms with Gasteiger partial charge in [0.15, 0.2) is 11.5 Å². The summed E-state index contributed by atoms with van der Waals surface area (Å²) >= 11 is 3.51. The number of hydrogen-bond donors (Lipinski definition) is 1. The Morgan fingerprint density at radius 1 is 1.00 bits per heavy atom. The van der Waals surface area contributed by atoms with Crippen molar-refractivity contribution in [2.75, 3.05) is 13.7 Å². The molecule has 1 amide bonds. The van der Waals surface area contributed by atoms with Gasteiger partial charge in [0, 0.05) is 22.2 Å². The third-order valence-corrected chi connectivity index (χ3v) is 6.27. The lowest BCUT2D eigenvalue weighted by Gasteiger charge is -2.14. The van der Waals surface area contributed by atoms with Gasteiger partial charge in [-0.3, -0.25) is 14.9 Å². The van der Waals surface area contributed by atoms with Crippen molar-refractivity contribution in [3.05, 3.63) is 104 Å². The molecule has 4 aromatic carbocycles. The first-order valence-corrected chi connectivity index (χ1v) is 12.4. The van der Waals surface area contributed by atoms with Gasteiger partial charge in [-0.25, -0.2) is 5.43 Å². The monoisotopic (exact) mass is 577 g/mol. The summed E-state index contributed by atoms with van der Waals surface area (Å²) in [5.41, 5.74) is 4.36. The minimum atomic E-state index is -0.448. The number of nitrogens with zero attached hydrogens (tertiary/aromatic N) is 2. The normalized spacial score (nSPS) is 10.9. The molecule has 4 rings (SSSR count). The van der Waals surface area contributed by atoms with E-state index in [2.05, 4.69) is 26.5 Å². The smallest absolute Gasteiger partial charge is 0.275 e. The number of benzene rings is 4. The Morgan fingerprint density at radius 2 is 1.68 bits per heavy atom. The highest BCUT2D eigenvalue weighted by Gasteiger charge is 2.14. The third kappa shape index (κ3) is 6.27. The second-order valence-corrected chi connectivity index (χ2v) is 8.92. The van der Waals surface area contributed by atoms with Crippen molar-refractivity contribution in [1.82, 2.24) is 5.43 Å². The summed E-state index contributed by atoms with van der Waals surface area (Å²) in [6.45, 7) is 2.46. The summed E-state index contributed by atoms with van der Waals surface area (Å²) in [6, 6.07) is 20.9. The van der Waals surface area contributed by atoms with Crippen molar-refractivity contribution >= 4 is 44.5 Å². The average Bonchev–Trinajstić information content (AvgIpc) is 2.93. The topological polar surface area (TPSA) is 112 Å². The molecule has 38 heavy (non-hydrogen) atoms. The van der Waals surface area contributed by atoms with Crippen molar-refractivity contribution in [3.8, 4) is 17.2 Å². The summed E-state index contributed by atoms with van der Waals surface area (Å²) < 4.78 is 17.7. The Hall–Kier alpha value is -4.44.